The zero-order valence-electron chi connectivity index (χ0n) is 17.3. The van der Waals surface area contributed by atoms with Gasteiger partial charge in [-0.2, -0.15) is 0 Å². The molecule has 3 heteroatoms. The predicted molar refractivity (Wildman–Crippen MR) is 122 cm³/mol. The van der Waals surface area contributed by atoms with E-state index in [2.05, 4.69) is 11.8 Å². The molecule has 0 amide bonds. The van der Waals surface area contributed by atoms with Crippen LogP contribution in [0.15, 0.2) is 78.9 Å². The van der Waals surface area contributed by atoms with Gasteiger partial charge in [0, 0.05) is 30.4 Å². The van der Waals surface area contributed by atoms with Crippen LogP contribution < -0.4 is 0 Å². The van der Waals surface area contributed by atoms with Crippen LogP contribution in [0.5, 0.6) is 0 Å². The summed E-state index contributed by atoms with van der Waals surface area (Å²) in [7, 11) is 1.67. The van der Waals surface area contributed by atoms with Gasteiger partial charge < -0.3 is 4.74 Å². The standard InChI is InChI=1S/C28H22F2O/c1-31-16-2-3-21-9-15-27(28(30)18-21)23-10-6-20(7-11-23)4-5-22-8-12-25-19-26(29)14-13-24(25)17-22/h6-15,17-19H,2-3,16H2,1H3. The van der Waals surface area contributed by atoms with Crippen molar-refractivity contribution in [2.75, 3.05) is 13.7 Å². The van der Waals surface area contributed by atoms with E-state index >= 15 is 0 Å². The van der Waals surface area contributed by atoms with E-state index in [-0.39, 0.29) is 11.6 Å². The van der Waals surface area contributed by atoms with Gasteiger partial charge >= 0.3 is 0 Å². The first-order valence-corrected chi connectivity index (χ1v) is 10.2. The van der Waals surface area contributed by atoms with E-state index in [4.69, 9.17) is 4.74 Å². The summed E-state index contributed by atoms with van der Waals surface area (Å²) in [6.07, 6.45) is 1.67. The highest BCUT2D eigenvalue weighted by atomic mass is 19.1. The summed E-state index contributed by atoms with van der Waals surface area (Å²) in [5.41, 5.74) is 4.08. The van der Waals surface area contributed by atoms with Crippen LogP contribution in [-0.4, -0.2) is 13.7 Å². The maximum absolute atomic E-state index is 14.6. The number of ether oxygens (including phenoxy) is 1. The molecule has 0 radical (unpaired) electrons. The summed E-state index contributed by atoms with van der Waals surface area (Å²) in [6, 6.07) is 23.4. The Labute approximate surface area is 181 Å². The van der Waals surface area contributed by atoms with Crippen LogP contribution in [0.25, 0.3) is 21.9 Å². The predicted octanol–water partition coefficient (Wildman–Crippen LogP) is 6.76. The molecule has 0 aromatic heterocycles. The molecule has 0 aliphatic rings. The smallest absolute Gasteiger partial charge is 0.131 e. The lowest BCUT2D eigenvalue weighted by Gasteiger charge is -2.07. The van der Waals surface area contributed by atoms with Gasteiger partial charge in [-0.05, 0) is 77.2 Å². The Balaban J connectivity index is 1.50. The van der Waals surface area contributed by atoms with Crippen molar-refractivity contribution in [3.63, 3.8) is 0 Å². The van der Waals surface area contributed by atoms with Gasteiger partial charge in [-0.25, -0.2) is 8.78 Å². The summed E-state index contributed by atoms with van der Waals surface area (Å²) >= 11 is 0. The Morgan fingerprint density at radius 1 is 0.742 bits per heavy atom. The largest absolute Gasteiger partial charge is 0.385 e. The Bertz CT molecular complexity index is 1260. The average Bonchev–Trinajstić information content (AvgIpc) is 2.78. The SMILES string of the molecule is COCCCc1ccc(-c2ccc(C#Cc3ccc4cc(F)ccc4c3)cc2)c(F)c1. The van der Waals surface area contributed by atoms with Crippen LogP contribution in [0.4, 0.5) is 8.78 Å². The highest BCUT2D eigenvalue weighted by molar-refractivity contribution is 5.84. The van der Waals surface area contributed by atoms with Crippen molar-refractivity contribution < 1.29 is 13.5 Å². The van der Waals surface area contributed by atoms with Crippen LogP contribution in [0, 0.1) is 23.5 Å². The van der Waals surface area contributed by atoms with Crippen molar-refractivity contribution in [1.29, 1.82) is 0 Å². The van der Waals surface area contributed by atoms with E-state index in [0.29, 0.717) is 12.2 Å². The van der Waals surface area contributed by atoms with E-state index in [1.165, 1.54) is 12.1 Å². The summed E-state index contributed by atoms with van der Waals surface area (Å²) in [5.74, 6) is 5.81. The Morgan fingerprint density at radius 2 is 1.45 bits per heavy atom. The lowest BCUT2D eigenvalue weighted by molar-refractivity contribution is 0.195. The molecule has 0 atom stereocenters. The lowest BCUT2D eigenvalue weighted by atomic mass is 10.0. The van der Waals surface area contributed by atoms with Gasteiger partial charge in [0.25, 0.3) is 0 Å². The Kier molecular flexibility index (Phi) is 6.40. The molecule has 154 valence electrons. The summed E-state index contributed by atoms with van der Waals surface area (Å²) in [6.45, 7) is 0.670. The minimum atomic E-state index is -0.247. The number of aryl methyl sites for hydroxylation is 1. The maximum Gasteiger partial charge on any atom is 0.131 e. The molecule has 0 spiro atoms. The van der Waals surface area contributed by atoms with Crippen LogP contribution in [0.3, 0.4) is 0 Å². The van der Waals surface area contributed by atoms with Gasteiger partial charge in [0.1, 0.15) is 11.6 Å². The fraction of sp³-hybridized carbons (Fsp3) is 0.143. The van der Waals surface area contributed by atoms with E-state index in [9.17, 15) is 8.78 Å². The second-order valence-corrected chi connectivity index (χ2v) is 7.44. The van der Waals surface area contributed by atoms with Crippen LogP contribution >= 0.6 is 0 Å². The van der Waals surface area contributed by atoms with Gasteiger partial charge in [0.15, 0.2) is 0 Å². The third-order valence-electron chi connectivity index (χ3n) is 5.20. The van der Waals surface area contributed by atoms with E-state index in [1.807, 2.05) is 54.6 Å². The number of hydrogen-bond acceptors (Lipinski definition) is 1. The van der Waals surface area contributed by atoms with Crippen molar-refractivity contribution in [3.8, 4) is 23.0 Å². The monoisotopic (exact) mass is 412 g/mol. The van der Waals surface area contributed by atoms with E-state index in [1.54, 1.807) is 19.2 Å². The molecule has 0 saturated heterocycles. The van der Waals surface area contributed by atoms with Crippen molar-refractivity contribution in [1.82, 2.24) is 0 Å². The third-order valence-corrected chi connectivity index (χ3v) is 5.20. The molecule has 0 bridgehead atoms. The minimum absolute atomic E-state index is 0.221. The average molecular weight is 412 g/mol. The summed E-state index contributed by atoms with van der Waals surface area (Å²) < 4.78 is 32.9. The molecule has 0 N–H and O–H groups in total. The van der Waals surface area contributed by atoms with E-state index in [0.717, 1.165) is 45.9 Å². The molecule has 0 aliphatic heterocycles. The number of hydrogen-bond donors (Lipinski definition) is 0. The normalized spacial score (nSPS) is 10.7. The molecular weight excluding hydrogens is 390 g/mol. The Morgan fingerprint density at radius 3 is 2.23 bits per heavy atom. The van der Waals surface area contributed by atoms with Gasteiger partial charge in [-0.1, -0.05) is 48.2 Å². The highest BCUT2D eigenvalue weighted by Crippen LogP contribution is 2.24. The molecule has 0 saturated carbocycles. The van der Waals surface area contributed by atoms with Gasteiger partial charge in [0.2, 0.25) is 0 Å². The van der Waals surface area contributed by atoms with Crippen LogP contribution in [0.2, 0.25) is 0 Å². The fourth-order valence-corrected chi connectivity index (χ4v) is 3.54. The molecule has 1 nitrogen and oxygen atoms in total. The molecule has 0 aliphatic carbocycles. The first-order valence-electron chi connectivity index (χ1n) is 10.2. The topological polar surface area (TPSA) is 9.23 Å². The highest BCUT2D eigenvalue weighted by Gasteiger charge is 2.06. The van der Waals surface area contributed by atoms with Crippen molar-refractivity contribution in [3.05, 3.63) is 107 Å². The fourth-order valence-electron chi connectivity index (χ4n) is 3.54. The lowest BCUT2D eigenvalue weighted by Crippen LogP contribution is -1.94. The second kappa shape index (κ2) is 9.55. The first kappa shape index (κ1) is 20.8. The van der Waals surface area contributed by atoms with Crippen LogP contribution in [-0.2, 0) is 11.2 Å². The summed E-state index contributed by atoms with van der Waals surface area (Å²) in [5, 5.41) is 1.80. The van der Waals surface area contributed by atoms with Crippen molar-refractivity contribution >= 4 is 10.8 Å². The number of benzene rings is 4. The number of fused-ring (bicyclic) bond motifs is 1. The quantitative estimate of drug-likeness (QED) is 0.260. The molecule has 4 rings (SSSR count). The number of rotatable bonds is 5. The third kappa shape index (κ3) is 5.17. The van der Waals surface area contributed by atoms with Crippen molar-refractivity contribution in [2.24, 2.45) is 0 Å². The molecule has 31 heavy (non-hydrogen) atoms. The molecule has 0 heterocycles. The molecule has 4 aromatic rings. The number of methoxy groups -OCH3 is 1. The maximum atomic E-state index is 14.6. The van der Waals surface area contributed by atoms with Gasteiger partial charge in [0.05, 0.1) is 0 Å². The summed E-state index contributed by atoms with van der Waals surface area (Å²) in [4.78, 5) is 0. The minimum Gasteiger partial charge on any atom is -0.385 e. The van der Waals surface area contributed by atoms with E-state index < -0.39 is 0 Å². The second-order valence-electron chi connectivity index (χ2n) is 7.44. The molecule has 0 unspecified atom stereocenters. The molecular formula is C28H22F2O. The van der Waals surface area contributed by atoms with Gasteiger partial charge in [-0.15, -0.1) is 0 Å². The van der Waals surface area contributed by atoms with Gasteiger partial charge in [-0.3, -0.25) is 0 Å². The van der Waals surface area contributed by atoms with Crippen LogP contribution in [0.1, 0.15) is 23.1 Å². The zero-order chi connectivity index (χ0) is 21.6. The molecule has 4 aromatic carbocycles. The molecule has 0 fully saturated rings. The zero-order valence-corrected chi connectivity index (χ0v) is 17.3. The number of halogens is 2. The Hall–Kier alpha value is -3.48. The van der Waals surface area contributed by atoms with Crippen molar-refractivity contribution in [2.45, 2.75) is 12.8 Å². The first-order chi connectivity index (χ1) is 15.1.